The van der Waals surface area contributed by atoms with E-state index in [4.69, 9.17) is 0 Å². The van der Waals surface area contributed by atoms with Gasteiger partial charge in [0.2, 0.25) is 0 Å². The van der Waals surface area contributed by atoms with Crippen molar-refractivity contribution >= 4 is 34.5 Å². The molecule has 2 aromatic rings. The molecule has 4 nitrogen and oxygen atoms in total. The number of rotatable bonds is 7. The smallest absolute Gasteiger partial charge is 0.307 e. The van der Waals surface area contributed by atoms with Crippen LogP contribution in [0.15, 0.2) is 54.6 Å². The van der Waals surface area contributed by atoms with Crippen LogP contribution in [0.4, 0.5) is 0 Å². The van der Waals surface area contributed by atoms with Gasteiger partial charge in [-0.3, -0.25) is 9.59 Å². The standard InChI is InChI=1S/C18H17IO4/c19-14-8-6-13(7-9-14)11-16(18(22)23)15(17(20)21)10-12-4-2-1-3-5-12/h1-9,15-16H,10-11H2,(H,20,21)(H,22,23). The molecule has 2 N–H and O–H groups in total. The Labute approximate surface area is 148 Å². The first-order valence-electron chi connectivity index (χ1n) is 7.21. The second-order valence-electron chi connectivity index (χ2n) is 5.41. The lowest BCUT2D eigenvalue weighted by molar-refractivity contribution is -0.153. The Bertz CT molecular complexity index is 667. The summed E-state index contributed by atoms with van der Waals surface area (Å²) in [6.07, 6.45) is 0.410. The third-order valence-electron chi connectivity index (χ3n) is 3.79. The number of hydrogen-bond donors (Lipinski definition) is 2. The average molecular weight is 424 g/mol. The molecular weight excluding hydrogens is 407 g/mol. The van der Waals surface area contributed by atoms with Crippen LogP contribution in [0.5, 0.6) is 0 Å². The lowest BCUT2D eigenvalue weighted by Gasteiger charge is -2.20. The van der Waals surface area contributed by atoms with Crippen LogP contribution in [0.1, 0.15) is 11.1 Å². The number of aliphatic carboxylic acids is 2. The quantitative estimate of drug-likeness (QED) is 0.668. The zero-order chi connectivity index (χ0) is 16.8. The molecule has 2 aromatic carbocycles. The fraction of sp³-hybridized carbons (Fsp3) is 0.222. The highest BCUT2D eigenvalue weighted by atomic mass is 127. The van der Waals surface area contributed by atoms with Gasteiger partial charge in [-0.05, 0) is 58.7 Å². The summed E-state index contributed by atoms with van der Waals surface area (Å²) >= 11 is 2.17. The lowest BCUT2D eigenvalue weighted by atomic mass is 9.83. The van der Waals surface area contributed by atoms with Gasteiger partial charge in [0, 0.05) is 3.57 Å². The maximum atomic E-state index is 11.6. The third kappa shape index (κ3) is 5.06. The normalized spacial score (nSPS) is 13.3. The summed E-state index contributed by atoms with van der Waals surface area (Å²) < 4.78 is 1.05. The van der Waals surface area contributed by atoms with Gasteiger partial charge in [0.05, 0.1) is 11.8 Å². The van der Waals surface area contributed by atoms with E-state index in [9.17, 15) is 19.8 Å². The maximum Gasteiger partial charge on any atom is 0.307 e. The van der Waals surface area contributed by atoms with Crippen LogP contribution in [0.2, 0.25) is 0 Å². The van der Waals surface area contributed by atoms with Crippen LogP contribution < -0.4 is 0 Å². The molecule has 0 bridgehead atoms. The van der Waals surface area contributed by atoms with Crippen LogP contribution in [0.3, 0.4) is 0 Å². The minimum Gasteiger partial charge on any atom is -0.481 e. The van der Waals surface area contributed by atoms with Gasteiger partial charge in [0.15, 0.2) is 0 Å². The molecule has 0 saturated heterocycles. The van der Waals surface area contributed by atoms with Crippen molar-refractivity contribution < 1.29 is 19.8 Å². The van der Waals surface area contributed by atoms with Crippen LogP contribution in [0.25, 0.3) is 0 Å². The fourth-order valence-corrected chi connectivity index (χ4v) is 2.91. The highest BCUT2D eigenvalue weighted by Gasteiger charge is 2.33. The molecule has 0 radical (unpaired) electrons. The number of benzene rings is 2. The van der Waals surface area contributed by atoms with Crippen molar-refractivity contribution in [2.75, 3.05) is 0 Å². The van der Waals surface area contributed by atoms with E-state index >= 15 is 0 Å². The molecule has 0 aliphatic heterocycles. The molecule has 0 saturated carbocycles. The molecule has 5 heteroatoms. The van der Waals surface area contributed by atoms with Gasteiger partial charge in [0.25, 0.3) is 0 Å². The largest absolute Gasteiger partial charge is 0.481 e. The molecule has 2 atom stereocenters. The van der Waals surface area contributed by atoms with Gasteiger partial charge in [-0.25, -0.2) is 0 Å². The molecule has 0 fully saturated rings. The second kappa shape index (κ2) is 8.10. The average Bonchev–Trinajstić information content (AvgIpc) is 2.53. The van der Waals surface area contributed by atoms with Crippen molar-refractivity contribution in [3.63, 3.8) is 0 Å². The number of carboxylic acid groups (broad SMARTS) is 2. The number of carbonyl (C=O) groups is 2. The molecule has 0 heterocycles. The van der Waals surface area contributed by atoms with E-state index in [2.05, 4.69) is 22.6 Å². The molecule has 0 spiro atoms. The monoisotopic (exact) mass is 424 g/mol. The molecule has 0 aliphatic carbocycles. The van der Waals surface area contributed by atoms with E-state index in [1.165, 1.54) is 0 Å². The summed E-state index contributed by atoms with van der Waals surface area (Å²) in [5, 5.41) is 19.0. The van der Waals surface area contributed by atoms with E-state index in [1.807, 2.05) is 54.6 Å². The van der Waals surface area contributed by atoms with Crippen LogP contribution >= 0.6 is 22.6 Å². The van der Waals surface area contributed by atoms with E-state index in [1.54, 1.807) is 0 Å². The van der Waals surface area contributed by atoms with E-state index < -0.39 is 23.8 Å². The first kappa shape index (κ1) is 17.5. The van der Waals surface area contributed by atoms with Crippen molar-refractivity contribution in [1.29, 1.82) is 0 Å². The van der Waals surface area contributed by atoms with Gasteiger partial charge in [0.1, 0.15) is 0 Å². The highest BCUT2D eigenvalue weighted by molar-refractivity contribution is 14.1. The summed E-state index contributed by atoms with van der Waals surface area (Å²) in [5.74, 6) is -4.08. The molecule has 0 aromatic heterocycles. The Morgan fingerprint density at radius 3 is 1.65 bits per heavy atom. The number of carboxylic acids is 2. The summed E-state index contributed by atoms with van der Waals surface area (Å²) in [7, 11) is 0. The molecular formula is C18H17IO4. The zero-order valence-electron chi connectivity index (χ0n) is 12.4. The Kier molecular flexibility index (Phi) is 6.15. The molecule has 2 unspecified atom stereocenters. The van der Waals surface area contributed by atoms with E-state index in [0.29, 0.717) is 0 Å². The second-order valence-corrected chi connectivity index (χ2v) is 6.66. The SMILES string of the molecule is O=C(O)C(Cc1ccccc1)C(Cc1ccc(I)cc1)C(=O)O. The Balaban J connectivity index is 2.22. The van der Waals surface area contributed by atoms with Gasteiger partial charge in [-0.1, -0.05) is 42.5 Å². The van der Waals surface area contributed by atoms with Crippen LogP contribution in [-0.4, -0.2) is 22.2 Å². The van der Waals surface area contributed by atoms with Gasteiger partial charge in [-0.2, -0.15) is 0 Å². The minimum atomic E-state index is -1.08. The van der Waals surface area contributed by atoms with Crippen molar-refractivity contribution in [1.82, 2.24) is 0 Å². The zero-order valence-corrected chi connectivity index (χ0v) is 14.5. The Morgan fingerprint density at radius 2 is 1.22 bits per heavy atom. The summed E-state index contributed by atoms with van der Waals surface area (Å²) in [6, 6.07) is 16.6. The van der Waals surface area contributed by atoms with E-state index in [-0.39, 0.29) is 12.8 Å². The maximum absolute atomic E-state index is 11.6. The number of hydrogen-bond acceptors (Lipinski definition) is 2. The van der Waals surface area contributed by atoms with Crippen molar-refractivity contribution in [2.24, 2.45) is 11.8 Å². The minimum absolute atomic E-state index is 0.204. The van der Waals surface area contributed by atoms with Gasteiger partial charge in [-0.15, -0.1) is 0 Å². The van der Waals surface area contributed by atoms with Crippen molar-refractivity contribution in [3.8, 4) is 0 Å². The molecule has 0 amide bonds. The fourth-order valence-electron chi connectivity index (χ4n) is 2.55. The first-order chi connectivity index (χ1) is 11.0. The van der Waals surface area contributed by atoms with Crippen LogP contribution in [-0.2, 0) is 22.4 Å². The predicted octanol–water partition coefficient (Wildman–Crippen LogP) is 3.48. The highest BCUT2D eigenvalue weighted by Crippen LogP contribution is 2.23. The summed E-state index contributed by atoms with van der Waals surface area (Å²) in [6.45, 7) is 0. The summed E-state index contributed by atoms with van der Waals surface area (Å²) in [5.41, 5.74) is 1.66. The molecule has 23 heavy (non-hydrogen) atoms. The number of halogens is 1. The molecule has 120 valence electrons. The predicted molar refractivity (Wildman–Crippen MR) is 95.3 cm³/mol. The first-order valence-corrected chi connectivity index (χ1v) is 8.29. The topological polar surface area (TPSA) is 74.6 Å². The lowest BCUT2D eigenvalue weighted by Crippen LogP contribution is -2.33. The molecule has 2 rings (SSSR count). The van der Waals surface area contributed by atoms with Crippen molar-refractivity contribution in [2.45, 2.75) is 12.8 Å². The summed E-state index contributed by atoms with van der Waals surface area (Å²) in [4.78, 5) is 23.3. The molecule has 0 aliphatic rings. The van der Waals surface area contributed by atoms with E-state index in [0.717, 1.165) is 14.7 Å². The third-order valence-corrected chi connectivity index (χ3v) is 4.51. The Hall–Kier alpha value is -1.89. The van der Waals surface area contributed by atoms with Gasteiger partial charge < -0.3 is 10.2 Å². The van der Waals surface area contributed by atoms with Gasteiger partial charge >= 0.3 is 11.9 Å². The van der Waals surface area contributed by atoms with Crippen LogP contribution in [0, 0.1) is 15.4 Å². The van der Waals surface area contributed by atoms with Crippen molar-refractivity contribution in [3.05, 3.63) is 69.3 Å². The Morgan fingerprint density at radius 1 is 0.783 bits per heavy atom.